The van der Waals surface area contributed by atoms with Gasteiger partial charge in [0.2, 0.25) is 5.95 Å². The van der Waals surface area contributed by atoms with Gasteiger partial charge in [0.15, 0.2) is 0 Å². The lowest BCUT2D eigenvalue weighted by Gasteiger charge is -2.22. The predicted molar refractivity (Wildman–Crippen MR) is 120 cm³/mol. The van der Waals surface area contributed by atoms with Crippen molar-refractivity contribution >= 4 is 22.9 Å². The van der Waals surface area contributed by atoms with Crippen molar-refractivity contribution < 1.29 is 9.84 Å². The zero-order valence-electron chi connectivity index (χ0n) is 18.2. The molecule has 3 aromatic heterocycles. The van der Waals surface area contributed by atoms with Crippen LogP contribution in [0.3, 0.4) is 0 Å². The molecule has 0 amide bonds. The minimum atomic E-state index is -0.786. The average Bonchev–Trinajstić information content (AvgIpc) is 3.28. The van der Waals surface area contributed by atoms with Crippen molar-refractivity contribution in [3.8, 4) is 11.3 Å². The second kappa shape index (κ2) is 7.69. The minimum Gasteiger partial charge on any atom is -0.390 e. The number of fused-ring (bicyclic) bond motifs is 2. The summed E-state index contributed by atoms with van der Waals surface area (Å²) < 4.78 is 7.26. The Balaban J connectivity index is 1.44. The van der Waals surface area contributed by atoms with Gasteiger partial charge in [0.25, 0.3) is 0 Å². The van der Waals surface area contributed by atoms with Crippen LogP contribution in [0, 0.1) is 0 Å². The lowest BCUT2D eigenvalue weighted by molar-refractivity contribution is 0.0687. The van der Waals surface area contributed by atoms with E-state index in [0.717, 1.165) is 59.9 Å². The average molecular weight is 421 g/mol. The van der Waals surface area contributed by atoms with Crippen LogP contribution in [0.5, 0.6) is 0 Å². The Morgan fingerprint density at radius 3 is 2.81 bits per heavy atom. The van der Waals surface area contributed by atoms with Gasteiger partial charge in [-0.25, -0.2) is 14.5 Å². The smallest absolute Gasteiger partial charge is 0.241 e. The lowest BCUT2D eigenvalue weighted by Crippen LogP contribution is -2.28. The summed E-state index contributed by atoms with van der Waals surface area (Å²) in [4.78, 5) is 14.2. The van der Waals surface area contributed by atoms with E-state index in [9.17, 15) is 5.11 Å². The molecule has 2 aliphatic heterocycles. The van der Waals surface area contributed by atoms with Gasteiger partial charge in [0.05, 0.1) is 34.4 Å². The number of hydrogen-bond donors (Lipinski definition) is 2. The molecule has 3 aromatic rings. The molecule has 8 heteroatoms. The fraction of sp³-hybridized carbons (Fsp3) is 0.478. The number of aromatic nitrogens is 4. The summed E-state index contributed by atoms with van der Waals surface area (Å²) in [7, 11) is 0. The number of pyridine rings is 1. The van der Waals surface area contributed by atoms with Gasteiger partial charge in [-0.15, -0.1) is 5.10 Å². The fourth-order valence-corrected chi connectivity index (χ4v) is 4.39. The number of aliphatic imine (C=N–C) groups is 1. The number of nitrogens with one attached hydrogen (secondary N) is 1. The third-order valence-corrected chi connectivity index (χ3v) is 5.98. The highest BCUT2D eigenvalue weighted by Crippen LogP contribution is 2.40. The lowest BCUT2D eigenvalue weighted by atomic mass is 9.88. The summed E-state index contributed by atoms with van der Waals surface area (Å²) in [6, 6.07) is 6.36. The summed E-state index contributed by atoms with van der Waals surface area (Å²) in [6.07, 6.45) is 6.30. The van der Waals surface area contributed by atoms with Gasteiger partial charge in [-0.1, -0.05) is 0 Å². The topological polar surface area (TPSA) is 96.9 Å². The molecule has 8 nitrogen and oxygen atoms in total. The third-order valence-electron chi connectivity index (χ3n) is 5.98. The molecule has 0 aromatic carbocycles. The van der Waals surface area contributed by atoms with E-state index in [1.165, 1.54) is 0 Å². The Morgan fingerprint density at radius 1 is 1.23 bits per heavy atom. The molecule has 1 unspecified atom stereocenters. The van der Waals surface area contributed by atoms with E-state index in [-0.39, 0.29) is 5.92 Å². The van der Waals surface area contributed by atoms with Crippen LogP contribution in [0.4, 0.5) is 11.6 Å². The van der Waals surface area contributed by atoms with Crippen molar-refractivity contribution in [3.63, 3.8) is 0 Å². The largest absolute Gasteiger partial charge is 0.390 e. The van der Waals surface area contributed by atoms with E-state index in [1.54, 1.807) is 0 Å². The number of rotatable bonds is 5. The molecule has 1 fully saturated rings. The van der Waals surface area contributed by atoms with E-state index in [4.69, 9.17) is 9.72 Å². The third kappa shape index (κ3) is 4.05. The van der Waals surface area contributed by atoms with Crippen molar-refractivity contribution in [1.29, 1.82) is 0 Å². The zero-order chi connectivity index (χ0) is 21.6. The van der Waals surface area contributed by atoms with Crippen LogP contribution in [-0.2, 0) is 4.74 Å². The van der Waals surface area contributed by atoms with Crippen LogP contribution in [0.1, 0.15) is 51.6 Å². The normalized spacial score (nSPS) is 19.5. The van der Waals surface area contributed by atoms with Gasteiger partial charge in [-0.2, -0.15) is 0 Å². The van der Waals surface area contributed by atoms with Crippen LogP contribution in [-0.4, -0.2) is 55.3 Å². The molecule has 2 aliphatic rings. The maximum Gasteiger partial charge on any atom is 0.241 e. The van der Waals surface area contributed by atoms with E-state index in [1.807, 2.05) is 55.9 Å². The fourth-order valence-electron chi connectivity index (χ4n) is 4.39. The van der Waals surface area contributed by atoms with Gasteiger partial charge in [-0.3, -0.25) is 4.99 Å². The Bertz CT molecular complexity index is 1140. The van der Waals surface area contributed by atoms with Gasteiger partial charge in [-0.05, 0) is 58.2 Å². The quantitative estimate of drug-likeness (QED) is 0.653. The molecular weight excluding hydrogens is 392 g/mol. The Labute approximate surface area is 181 Å². The van der Waals surface area contributed by atoms with Crippen LogP contribution in [0.2, 0.25) is 0 Å². The number of anilines is 1. The Morgan fingerprint density at radius 2 is 2.03 bits per heavy atom. The number of ether oxygens (including phenoxy) is 1. The first kappa shape index (κ1) is 20.1. The molecule has 162 valence electrons. The summed E-state index contributed by atoms with van der Waals surface area (Å²) >= 11 is 0. The van der Waals surface area contributed by atoms with Crippen LogP contribution < -0.4 is 5.32 Å². The van der Waals surface area contributed by atoms with Crippen molar-refractivity contribution in [2.45, 2.75) is 57.6 Å². The van der Waals surface area contributed by atoms with Crippen molar-refractivity contribution in [3.05, 3.63) is 36.3 Å². The molecule has 0 aliphatic carbocycles. The molecule has 0 saturated carbocycles. The van der Waals surface area contributed by atoms with Crippen LogP contribution >= 0.6 is 0 Å². The molecule has 31 heavy (non-hydrogen) atoms. The summed E-state index contributed by atoms with van der Waals surface area (Å²) in [6.45, 7) is 7.20. The molecule has 5 rings (SSSR count). The molecule has 5 heterocycles. The minimum absolute atomic E-state index is 0.0235. The first-order chi connectivity index (χ1) is 14.9. The highest BCUT2D eigenvalue weighted by atomic mass is 16.5. The zero-order valence-corrected chi connectivity index (χ0v) is 18.2. The molecular formula is C23H28N6O2. The predicted octanol–water partition coefficient (Wildman–Crippen LogP) is 3.73. The molecule has 0 radical (unpaired) electrons. The summed E-state index contributed by atoms with van der Waals surface area (Å²) in [5, 5.41) is 18.4. The second-order valence-electron chi connectivity index (χ2n) is 9.10. The second-order valence-corrected chi connectivity index (χ2v) is 9.10. The van der Waals surface area contributed by atoms with Crippen molar-refractivity contribution in [1.82, 2.24) is 19.6 Å². The highest BCUT2D eigenvalue weighted by Gasteiger charge is 2.31. The summed E-state index contributed by atoms with van der Waals surface area (Å²) in [5.41, 5.74) is 4.77. The molecule has 2 N–H and O–H groups in total. The molecule has 0 spiro atoms. The van der Waals surface area contributed by atoms with E-state index in [0.29, 0.717) is 18.4 Å². The maximum absolute atomic E-state index is 10.3. The van der Waals surface area contributed by atoms with Gasteiger partial charge >= 0.3 is 0 Å². The van der Waals surface area contributed by atoms with E-state index in [2.05, 4.69) is 20.4 Å². The molecule has 0 bridgehead atoms. The van der Waals surface area contributed by atoms with Crippen LogP contribution in [0.25, 0.3) is 16.8 Å². The summed E-state index contributed by atoms with van der Waals surface area (Å²) in [5.74, 6) is 0.646. The number of hydrogen-bond acceptors (Lipinski definition) is 7. The monoisotopic (exact) mass is 420 g/mol. The Kier molecular flexibility index (Phi) is 4.98. The molecule has 1 atom stereocenters. The van der Waals surface area contributed by atoms with Gasteiger partial charge < -0.3 is 15.2 Å². The Hall–Kier alpha value is -2.84. The van der Waals surface area contributed by atoms with Crippen molar-refractivity contribution in [2.24, 2.45) is 4.99 Å². The standard InChI is InChI=1S/C23H28N6O2/c1-14-17(12-23(2,3)30)21-19(25-14)5-4-18(27-21)16-6-9-29-20(16)13-24-22(28-29)26-15-7-10-31-11-8-15/h4-6,9,13,15,17,30H,7-8,10-12H2,1-3H3,(H,26,28). The SMILES string of the molecule is CC1=Nc2ccc(-c3ccn4nc(NC5CCOCC5)ncc34)nc2C1CC(C)(C)O. The van der Waals surface area contributed by atoms with Crippen LogP contribution in [0.15, 0.2) is 35.6 Å². The van der Waals surface area contributed by atoms with Gasteiger partial charge in [0, 0.05) is 42.6 Å². The first-order valence-corrected chi connectivity index (χ1v) is 10.8. The van der Waals surface area contributed by atoms with Gasteiger partial charge in [0.1, 0.15) is 0 Å². The maximum atomic E-state index is 10.3. The number of aliphatic hydroxyl groups is 1. The van der Waals surface area contributed by atoms with Crippen molar-refractivity contribution in [2.75, 3.05) is 18.5 Å². The van der Waals surface area contributed by atoms with E-state index < -0.39 is 5.60 Å². The first-order valence-electron chi connectivity index (χ1n) is 10.8. The van der Waals surface area contributed by atoms with E-state index >= 15 is 0 Å². The number of nitrogens with zero attached hydrogens (tertiary/aromatic N) is 5. The molecule has 1 saturated heterocycles. The highest BCUT2D eigenvalue weighted by molar-refractivity contribution is 5.96.